The number of hydrogen-bond acceptors (Lipinski definition) is 2. The summed E-state index contributed by atoms with van der Waals surface area (Å²) in [5.74, 6) is -0.388. The average Bonchev–Trinajstić information content (AvgIpc) is 2.87. The molecule has 1 heterocycles. The summed E-state index contributed by atoms with van der Waals surface area (Å²) in [6, 6.07) is 10.8. The number of hydrogen-bond donors (Lipinski definition) is 1. The SMILES string of the molecule is Cc1cc(C(=O)N[C@H](C(=O)N(C)C)c2ccccc2)c(C)n1C(C)C. The molecule has 1 aromatic heterocycles. The van der Waals surface area contributed by atoms with Crippen LogP contribution in [0.15, 0.2) is 36.4 Å². The summed E-state index contributed by atoms with van der Waals surface area (Å²) in [6.07, 6.45) is 0. The number of carbonyl (C=O) groups is 2. The minimum Gasteiger partial charge on any atom is -0.347 e. The Kier molecular flexibility index (Phi) is 5.67. The van der Waals surface area contributed by atoms with Gasteiger partial charge in [0.15, 0.2) is 0 Å². The topological polar surface area (TPSA) is 54.3 Å². The fourth-order valence-corrected chi connectivity index (χ4v) is 3.20. The van der Waals surface area contributed by atoms with Gasteiger partial charge in [-0.3, -0.25) is 9.59 Å². The number of aryl methyl sites for hydroxylation is 1. The van der Waals surface area contributed by atoms with Crippen LogP contribution in [0.4, 0.5) is 0 Å². The summed E-state index contributed by atoms with van der Waals surface area (Å²) in [4.78, 5) is 26.9. The van der Waals surface area contributed by atoms with Gasteiger partial charge in [-0.05, 0) is 39.3 Å². The monoisotopic (exact) mass is 341 g/mol. The maximum Gasteiger partial charge on any atom is 0.254 e. The summed E-state index contributed by atoms with van der Waals surface area (Å²) in [6.45, 7) is 8.10. The van der Waals surface area contributed by atoms with Crippen molar-refractivity contribution in [2.75, 3.05) is 14.1 Å². The normalized spacial score (nSPS) is 12.1. The molecule has 2 amide bonds. The molecule has 0 saturated heterocycles. The molecule has 25 heavy (non-hydrogen) atoms. The van der Waals surface area contributed by atoms with Crippen molar-refractivity contribution in [1.82, 2.24) is 14.8 Å². The molecule has 0 aliphatic carbocycles. The van der Waals surface area contributed by atoms with E-state index in [1.54, 1.807) is 14.1 Å². The van der Waals surface area contributed by atoms with Gasteiger partial charge in [0.05, 0.1) is 5.56 Å². The lowest BCUT2D eigenvalue weighted by atomic mass is 10.0. The van der Waals surface area contributed by atoms with Crippen molar-refractivity contribution in [2.45, 2.75) is 39.8 Å². The van der Waals surface area contributed by atoms with Crippen LogP contribution in [0.5, 0.6) is 0 Å². The van der Waals surface area contributed by atoms with E-state index in [1.807, 2.05) is 50.2 Å². The first-order chi connectivity index (χ1) is 11.7. The van der Waals surface area contributed by atoms with Crippen LogP contribution >= 0.6 is 0 Å². The smallest absolute Gasteiger partial charge is 0.254 e. The van der Waals surface area contributed by atoms with Gasteiger partial charge >= 0.3 is 0 Å². The highest BCUT2D eigenvalue weighted by molar-refractivity contribution is 5.99. The van der Waals surface area contributed by atoms with Crippen LogP contribution in [0.25, 0.3) is 0 Å². The van der Waals surface area contributed by atoms with Gasteiger partial charge in [0.25, 0.3) is 5.91 Å². The molecular formula is C20H27N3O2. The van der Waals surface area contributed by atoms with E-state index in [2.05, 4.69) is 23.7 Å². The van der Waals surface area contributed by atoms with Crippen molar-refractivity contribution < 1.29 is 9.59 Å². The van der Waals surface area contributed by atoms with Crippen molar-refractivity contribution in [3.63, 3.8) is 0 Å². The van der Waals surface area contributed by atoms with E-state index in [9.17, 15) is 9.59 Å². The van der Waals surface area contributed by atoms with Gasteiger partial charge < -0.3 is 14.8 Å². The summed E-state index contributed by atoms with van der Waals surface area (Å²) >= 11 is 0. The first kappa shape index (κ1) is 18.8. The number of nitrogens with zero attached hydrogens (tertiary/aromatic N) is 2. The standard InChI is InChI=1S/C20H27N3O2/c1-13(2)23-14(3)12-17(15(23)4)19(24)21-18(20(25)22(5)6)16-10-8-7-9-11-16/h7-13,18H,1-6H3,(H,21,24)/t18-/m0/s1. The van der Waals surface area contributed by atoms with Gasteiger partial charge in [-0.1, -0.05) is 30.3 Å². The Hall–Kier alpha value is -2.56. The second kappa shape index (κ2) is 7.55. The summed E-state index contributed by atoms with van der Waals surface area (Å²) in [5, 5.41) is 2.91. The predicted molar refractivity (Wildman–Crippen MR) is 99.6 cm³/mol. The van der Waals surface area contributed by atoms with Crippen molar-refractivity contribution in [3.05, 3.63) is 58.9 Å². The molecular weight excluding hydrogens is 314 g/mol. The van der Waals surface area contributed by atoms with Crippen LogP contribution in [-0.2, 0) is 4.79 Å². The van der Waals surface area contributed by atoms with Gasteiger partial charge in [0.2, 0.25) is 5.91 Å². The Morgan fingerprint density at radius 2 is 1.68 bits per heavy atom. The zero-order chi connectivity index (χ0) is 18.7. The number of aromatic nitrogens is 1. The summed E-state index contributed by atoms with van der Waals surface area (Å²) < 4.78 is 2.13. The number of likely N-dealkylation sites (N-methyl/N-ethyl adjacent to an activating group) is 1. The van der Waals surface area contributed by atoms with Gasteiger partial charge in [0.1, 0.15) is 6.04 Å². The van der Waals surface area contributed by atoms with Gasteiger partial charge in [-0.25, -0.2) is 0 Å². The van der Waals surface area contributed by atoms with Crippen LogP contribution in [0.2, 0.25) is 0 Å². The third kappa shape index (κ3) is 3.92. The molecule has 0 spiro atoms. The molecule has 0 saturated carbocycles. The van der Waals surface area contributed by atoms with Crippen LogP contribution in [0.1, 0.15) is 53.2 Å². The minimum absolute atomic E-state index is 0.155. The van der Waals surface area contributed by atoms with Gasteiger partial charge in [-0.15, -0.1) is 0 Å². The molecule has 0 bridgehead atoms. The Balaban J connectivity index is 2.35. The first-order valence-electron chi connectivity index (χ1n) is 8.49. The molecule has 2 aromatic rings. The van der Waals surface area contributed by atoms with Crippen LogP contribution in [-0.4, -0.2) is 35.4 Å². The minimum atomic E-state index is -0.703. The number of carbonyl (C=O) groups excluding carboxylic acids is 2. The van der Waals surface area contributed by atoms with Crippen molar-refractivity contribution in [3.8, 4) is 0 Å². The van der Waals surface area contributed by atoms with E-state index >= 15 is 0 Å². The summed E-state index contributed by atoms with van der Waals surface area (Å²) in [7, 11) is 3.38. The Bertz CT molecular complexity index is 761. The predicted octanol–water partition coefficient (Wildman–Crippen LogP) is 3.25. The Morgan fingerprint density at radius 3 is 2.16 bits per heavy atom. The largest absolute Gasteiger partial charge is 0.347 e. The first-order valence-corrected chi connectivity index (χ1v) is 8.49. The van der Waals surface area contributed by atoms with Gasteiger partial charge in [-0.2, -0.15) is 0 Å². The maximum absolute atomic E-state index is 12.9. The highest BCUT2D eigenvalue weighted by Crippen LogP contribution is 2.22. The molecule has 0 aliphatic heterocycles. The molecule has 0 unspecified atom stereocenters. The van der Waals surface area contributed by atoms with E-state index in [0.717, 1.165) is 17.0 Å². The van der Waals surface area contributed by atoms with Crippen molar-refractivity contribution in [1.29, 1.82) is 0 Å². The van der Waals surface area contributed by atoms with Crippen LogP contribution in [0.3, 0.4) is 0 Å². The molecule has 0 radical (unpaired) electrons. The number of nitrogens with one attached hydrogen (secondary N) is 1. The number of benzene rings is 1. The molecule has 2 rings (SSSR count). The van der Waals surface area contributed by atoms with Crippen molar-refractivity contribution >= 4 is 11.8 Å². The zero-order valence-electron chi connectivity index (χ0n) is 15.8. The Labute approximate surface area is 149 Å². The van der Waals surface area contributed by atoms with E-state index in [-0.39, 0.29) is 17.9 Å². The molecule has 1 N–H and O–H groups in total. The van der Waals surface area contributed by atoms with Crippen molar-refractivity contribution in [2.24, 2.45) is 0 Å². The fraction of sp³-hybridized carbons (Fsp3) is 0.400. The molecule has 134 valence electrons. The second-order valence-corrected chi connectivity index (χ2v) is 6.80. The molecule has 1 aromatic carbocycles. The van der Waals surface area contributed by atoms with E-state index in [1.165, 1.54) is 4.90 Å². The summed E-state index contributed by atoms with van der Waals surface area (Å²) in [5.41, 5.74) is 3.33. The lowest BCUT2D eigenvalue weighted by Gasteiger charge is -2.22. The average molecular weight is 341 g/mol. The lowest BCUT2D eigenvalue weighted by molar-refractivity contribution is -0.130. The lowest BCUT2D eigenvalue weighted by Crippen LogP contribution is -2.40. The highest BCUT2D eigenvalue weighted by atomic mass is 16.2. The van der Waals surface area contributed by atoms with Crippen LogP contribution < -0.4 is 5.32 Å². The quantitative estimate of drug-likeness (QED) is 0.908. The van der Waals surface area contributed by atoms with Crippen LogP contribution in [0, 0.1) is 13.8 Å². The van der Waals surface area contributed by atoms with E-state index < -0.39 is 6.04 Å². The molecule has 5 nitrogen and oxygen atoms in total. The zero-order valence-corrected chi connectivity index (χ0v) is 15.8. The third-order valence-corrected chi connectivity index (χ3v) is 4.34. The molecule has 0 fully saturated rings. The second-order valence-electron chi connectivity index (χ2n) is 6.80. The Morgan fingerprint density at radius 1 is 1.08 bits per heavy atom. The molecule has 1 atom stereocenters. The van der Waals surface area contributed by atoms with Gasteiger partial charge in [0, 0.05) is 31.5 Å². The van der Waals surface area contributed by atoms with E-state index in [0.29, 0.717) is 5.56 Å². The number of rotatable bonds is 5. The highest BCUT2D eigenvalue weighted by Gasteiger charge is 2.26. The fourth-order valence-electron chi connectivity index (χ4n) is 3.20. The molecule has 0 aliphatic rings. The molecule has 5 heteroatoms. The maximum atomic E-state index is 12.9. The number of amides is 2. The van der Waals surface area contributed by atoms with E-state index in [4.69, 9.17) is 0 Å². The third-order valence-electron chi connectivity index (χ3n) is 4.34.